The van der Waals surface area contributed by atoms with Gasteiger partial charge in [0.05, 0.1) is 5.69 Å². The van der Waals surface area contributed by atoms with E-state index in [1.165, 1.54) is 0 Å². The molecular weight excluding hydrogens is 410 g/mol. The van der Waals surface area contributed by atoms with Crippen LogP contribution in [0.4, 0.5) is 11.4 Å². The van der Waals surface area contributed by atoms with Crippen molar-refractivity contribution >= 4 is 28.7 Å². The van der Waals surface area contributed by atoms with Gasteiger partial charge in [-0.2, -0.15) is 10.3 Å². The van der Waals surface area contributed by atoms with Crippen LogP contribution in [-0.4, -0.2) is 26.1 Å². The summed E-state index contributed by atoms with van der Waals surface area (Å²) in [6.45, 7) is 3.96. The molecule has 1 unspecified atom stereocenters. The molecule has 1 aromatic heterocycles. The van der Waals surface area contributed by atoms with Crippen LogP contribution in [0.1, 0.15) is 29.3 Å². The van der Waals surface area contributed by atoms with E-state index in [9.17, 15) is 10.4 Å². The quantitative estimate of drug-likeness (QED) is 0.279. The smallest absolute Gasteiger partial charge is 0.189 e. The number of anilines is 1. The van der Waals surface area contributed by atoms with E-state index in [0.717, 1.165) is 29.1 Å². The minimum absolute atomic E-state index is 0.113. The minimum Gasteiger partial charge on any atom is -0.595 e. The number of allylic oxidation sites excluding steroid dienone is 1. The molecule has 0 spiro atoms. The zero-order valence-corrected chi connectivity index (χ0v) is 18.2. The lowest BCUT2D eigenvalue weighted by Gasteiger charge is -2.18. The molecule has 0 bridgehead atoms. The largest absolute Gasteiger partial charge is 0.595 e. The van der Waals surface area contributed by atoms with Gasteiger partial charge in [-0.05, 0) is 50.7 Å². The third kappa shape index (κ3) is 4.52. The number of rotatable bonds is 5. The average molecular weight is 436 g/mol. The van der Waals surface area contributed by atoms with Crippen LogP contribution in [0, 0.1) is 19.1 Å². The minimum atomic E-state index is -0.964. The lowest BCUT2D eigenvalue weighted by Crippen LogP contribution is -2.99. The molecule has 0 saturated carbocycles. The van der Waals surface area contributed by atoms with Crippen LogP contribution in [-0.2, 0) is 0 Å². The van der Waals surface area contributed by atoms with E-state index < -0.39 is 5.23 Å². The molecule has 0 saturated heterocycles. The van der Waals surface area contributed by atoms with Gasteiger partial charge >= 0.3 is 0 Å². The number of thiocarbonyl (C=S) groups is 1. The fourth-order valence-electron chi connectivity index (χ4n) is 4.14. The number of hydrogen-bond acceptors (Lipinski definition) is 4. The predicted molar refractivity (Wildman–Crippen MR) is 125 cm³/mol. The summed E-state index contributed by atoms with van der Waals surface area (Å²) in [5, 5.41) is 32.1. The molecule has 2 aromatic carbocycles. The van der Waals surface area contributed by atoms with Crippen LogP contribution >= 0.6 is 12.2 Å². The Balaban J connectivity index is 1.49. The Bertz CT molecular complexity index is 1110. The highest BCUT2D eigenvalue weighted by molar-refractivity contribution is 7.80. The molecule has 31 heavy (non-hydrogen) atoms. The van der Waals surface area contributed by atoms with E-state index >= 15 is 0 Å². The fourth-order valence-corrected chi connectivity index (χ4v) is 4.41. The molecule has 8 heteroatoms. The normalized spacial score (nSPS) is 18.7. The SMILES string of the molecule is Cc1nn(-c2ccccc2[NH+]([O-])O)c(C)c1[C@H]1C=C[C@@H](NC(=S)Nc2ccccc2)C1. The summed E-state index contributed by atoms with van der Waals surface area (Å²) >= 11 is 5.46. The maximum atomic E-state index is 11.7. The molecular formula is C23H25N5O2S. The van der Waals surface area contributed by atoms with Gasteiger partial charge in [0, 0.05) is 35.0 Å². The Labute approximate surface area is 186 Å². The van der Waals surface area contributed by atoms with Crippen molar-refractivity contribution in [3.8, 4) is 5.69 Å². The number of benzene rings is 2. The van der Waals surface area contributed by atoms with Crippen molar-refractivity contribution in [1.82, 2.24) is 15.1 Å². The molecule has 0 aliphatic heterocycles. The molecule has 1 aliphatic rings. The molecule has 1 aliphatic carbocycles. The molecule has 160 valence electrons. The summed E-state index contributed by atoms with van der Waals surface area (Å²) in [5.74, 6) is 0.183. The summed E-state index contributed by atoms with van der Waals surface area (Å²) in [5.41, 5.74) is 4.74. The van der Waals surface area contributed by atoms with Gasteiger partial charge in [0.25, 0.3) is 0 Å². The monoisotopic (exact) mass is 435 g/mol. The molecule has 3 atom stereocenters. The zero-order chi connectivity index (χ0) is 22.0. The van der Waals surface area contributed by atoms with Gasteiger partial charge in [-0.1, -0.05) is 42.5 Å². The van der Waals surface area contributed by atoms with Gasteiger partial charge in [0.1, 0.15) is 5.69 Å². The van der Waals surface area contributed by atoms with Gasteiger partial charge in [-0.15, -0.1) is 0 Å². The highest BCUT2D eigenvalue weighted by Crippen LogP contribution is 2.34. The molecule has 0 amide bonds. The number of aromatic nitrogens is 2. The number of hydrogen-bond donors (Lipinski definition) is 4. The van der Waals surface area contributed by atoms with Crippen molar-refractivity contribution in [3.05, 3.63) is 88.9 Å². The highest BCUT2D eigenvalue weighted by atomic mass is 32.1. The van der Waals surface area contributed by atoms with Crippen molar-refractivity contribution in [1.29, 1.82) is 0 Å². The number of aryl methyl sites for hydroxylation is 1. The van der Waals surface area contributed by atoms with Crippen LogP contribution < -0.4 is 15.9 Å². The summed E-state index contributed by atoms with van der Waals surface area (Å²) in [6.07, 6.45) is 5.16. The zero-order valence-electron chi connectivity index (χ0n) is 17.4. The van der Waals surface area contributed by atoms with Crippen molar-refractivity contribution in [2.75, 3.05) is 5.32 Å². The first kappa shape index (κ1) is 21.2. The van der Waals surface area contributed by atoms with Crippen LogP contribution in [0.25, 0.3) is 5.69 Å². The topological polar surface area (TPSA) is 89.6 Å². The number of quaternary nitrogens is 1. The standard InChI is InChI=1S/C23H25N5O2S/c1-15-22(16(2)27(26-15)20-10-6-7-11-21(20)28(29)30)17-12-13-19(14-17)25-23(31)24-18-8-4-3-5-9-18/h3-13,17,19,28-29H,14H2,1-2H3,(H2,24,25,31)/t17-,19+/m0/s1. The number of para-hydroxylation sites is 3. The summed E-state index contributed by atoms with van der Waals surface area (Å²) in [7, 11) is 0. The second-order valence-electron chi connectivity index (χ2n) is 7.62. The second-order valence-corrected chi connectivity index (χ2v) is 8.02. The van der Waals surface area contributed by atoms with Crippen molar-refractivity contribution in [2.45, 2.75) is 32.2 Å². The first-order valence-electron chi connectivity index (χ1n) is 10.1. The van der Waals surface area contributed by atoms with E-state index in [-0.39, 0.29) is 17.6 Å². The lowest BCUT2D eigenvalue weighted by molar-refractivity contribution is -0.991. The molecule has 1 heterocycles. The second kappa shape index (κ2) is 8.99. The fraction of sp³-hybridized carbons (Fsp3) is 0.217. The summed E-state index contributed by atoms with van der Waals surface area (Å²) < 4.78 is 1.74. The van der Waals surface area contributed by atoms with Gasteiger partial charge in [-0.3, -0.25) is 0 Å². The van der Waals surface area contributed by atoms with Gasteiger partial charge in [0.15, 0.2) is 10.8 Å². The van der Waals surface area contributed by atoms with Crippen LogP contribution in [0.15, 0.2) is 66.7 Å². The van der Waals surface area contributed by atoms with Crippen molar-refractivity contribution in [2.24, 2.45) is 0 Å². The maximum absolute atomic E-state index is 11.7. The Hall–Kier alpha value is -3.04. The molecule has 3 aromatic rings. The highest BCUT2D eigenvalue weighted by Gasteiger charge is 2.27. The molecule has 4 rings (SSSR count). The van der Waals surface area contributed by atoms with Crippen LogP contribution in [0.5, 0.6) is 0 Å². The molecule has 7 nitrogen and oxygen atoms in total. The van der Waals surface area contributed by atoms with Crippen molar-refractivity contribution in [3.63, 3.8) is 0 Å². The third-order valence-electron chi connectivity index (χ3n) is 5.51. The summed E-state index contributed by atoms with van der Waals surface area (Å²) in [4.78, 5) is 0. The predicted octanol–water partition coefficient (Wildman–Crippen LogP) is 3.29. The van der Waals surface area contributed by atoms with Gasteiger partial charge in [0.2, 0.25) is 0 Å². The number of nitrogens with one attached hydrogen (secondary N) is 3. The van der Waals surface area contributed by atoms with E-state index in [1.807, 2.05) is 50.2 Å². The Morgan fingerprint density at radius 3 is 2.58 bits per heavy atom. The van der Waals surface area contributed by atoms with Gasteiger partial charge < -0.3 is 15.8 Å². The molecule has 0 radical (unpaired) electrons. The van der Waals surface area contributed by atoms with Crippen LogP contribution in [0.2, 0.25) is 0 Å². The van der Waals surface area contributed by atoms with Gasteiger partial charge in [-0.25, -0.2) is 9.89 Å². The average Bonchev–Trinajstić information content (AvgIpc) is 3.31. The summed E-state index contributed by atoms with van der Waals surface area (Å²) in [6, 6.07) is 16.9. The van der Waals surface area contributed by atoms with E-state index in [0.29, 0.717) is 10.8 Å². The lowest BCUT2D eigenvalue weighted by atomic mass is 9.96. The first-order chi connectivity index (χ1) is 14.9. The van der Waals surface area contributed by atoms with E-state index in [2.05, 4.69) is 27.9 Å². The maximum Gasteiger partial charge on any atom is 0.189 e. The first-order valence-corrected chi connectivity index (χ1v) is 10.5. The molecule has 4 N–H and O–H groups in total. The van der Waals surface area contributed by atoms with Crippen molar-refractivity contribution < 1.29 is 10.4 Å². The van der Waals surface area contributed by atoms with E-state index in [4.69, 9.17) is 12.2 Å². The number of nitrogens with zero attached hydrogens (tertiary/aromatic N) is 2. The van der Waals surface area contributed by atoms with E-state index in [1.54, 1.807) is 22.9 Å². The molecule has 0 fully saturated rings. The van der Waals surface area contributed by atoms with Crippen LogP contribution in [0.3, 0.4) is 0 Å². The Morgan fingerprint density at radius 2 is 1.84 bits per heavy atom. The third-order valence-corrected chi connectivity index (χ3v) is 5.73. The Kier molecular flexibility index (Phi) is 6.15. The Morgan fingerprint density at radius 1 is 1.13 bits per heavy atom.